The number of halogens is 1. The fraction of sp³-hybridized carbons (Fsp3) is 0.182. The average Bonchev–Trinajstić information content (AvgIpc) is 3.36. The summed E-state index contributed by atoms with van der Waals surface area (Å²) >= 11 is 5.94. The molecule has 0 unspecified atom stereocenters. The molecule has 32 heavy (non-hydrogen) atoms. The summed E-state index contributed by atoms with van der Waals surface area (Å²) in [5, 5.41) is 14.9. The number of rotatable bonds is 6. The molecule has 0 aliphatic heterocycles. The van der Waals surface area contributed by atoms with Gasteiger partial charge in [-0.15, -0.1) is 0 Å². The van der Waals surface area contributed by atoms with Crippen LogP contribution in [0.4, 0.5) is 17.3 Å². The smallest absolute Gasteiger partial charge is 0.265 e. The lowest BCUT2D eigenvalue weighted by Gasteiger charge is -2.10. The molecule has 0 saturated heterocycles. The minimum Gasteiger partial charge on any atom is -0.383 e. The van der Waals surface area contributed by atoms with E-state index in [1.807, 2.05) is 32.0 Å². The first-order valence-corrected chi connectivity index (χ1v) is 10.2. The first kappa shape index (κ1) is 21.4. The first-order chi connectivity index (χ1) is 15.4. The molecule has 4 rings (SSSR count). The topological polar surface area (TPSA) is 124 Å². The number of nitrogens with two attached hydrogens (primary N) is 1. The Bertz CT molecular complexity index is 1280. The molecule has 164 valence electrons. The number of nitrogens with zero attached hydrogens (tertiary/aromatic N) is 4. The molecule has 0 atom stereocenters. The minimum atomic E-state index is -0.255. The van der Waals surface area contributed by atoms with Crippen molar-refractivity contribution in [1.82, 2.24) is 19.9 Å². The summed E-state index contributed by atoms with van der Waals surface area (Å²) in [5.41, 5.74) is 10.3. The van der Waals surface area contributed by atoms with E-state index in [9.17, 15) is 4.79 Å². The Morgan fingerprint density at radius 1 is 1.19 bits per heavy atom. The van der Waals surface area contributed by atoms with Gasteiger partial charge in [-0.2, -0.15) is 10.1 Å². The molecule has 0 bridgehead atoms. The molecule has 2 heterocycles. The molecule has 0 aliphatic carbocycles. The van der Waals surface area contributed by atoms with Crippen molar-refractivity contribution in [2.75, 3.05) is 23.4 Å². The largest absolute Gasteiger partial charge is 0.383 e. The molecular weight excluding hydrogens is 430 g/mol. The molecule has 0 spiro atoms. The van der Waals surface area contributed by atoms with Gasteiger partial charge in [0, 0.05) is 23.3 Å². The van der Waals surface area contributed by atoms with E-state index < -0.39 is 0 Å². The third-order valence-corrected chi connectivity index (χ3v) is 5.18. The Balaban J connectivity index is 1.59. The van der Waals surface area contributed by atoms with E-state index in [2.05, 4.69) is 25.9 Å². The number of benzene rings is 2. The van der Waals surface area contributed by atoms with Gasteiger partial charge in [0.25, 0.3) is 5.89 Å². The molecule has 0 fully saturated rings. The van der Waals surface area contributed by atoms with Crippen LogP contribution in [-0.2, 0) is 11.3 Å². The van der Waals surface area contributed by atoms with E-state index >= 15 is 0 Å². The van der Waals surface area contributed by atoms with Gasteiger partial charge >= 0.3 is 0 Å². The zero-order valence-corrected chi connectivity index (χ0v) is 18.6. The maximum Gasteiger partial charge on any atom is 0.265 e. The third kappa shape index (κ3) is 4.28. The van der Waals surface area contributed by atoms with Gasteiger partial charge in [-0.05, 0) is 55.3 Å². The highest BCUT2D eigenvalue weighted by atomic mass is 35.5. The number of nitrogen functional groups attached to an aromatic ring is 1. The molecule has 0 aliphatic rings. The van der Waals surface area contributed by atoms with E-state index in [4.69, 9.17) is 21.9 Å². The van der Waals surface area contributed by atoms with E-state index in [0.29, 0.717) is 22.2 Å². The highest BCUT2D eigenvalue weighted by Crippen LogP contribution is 2.33. The summed E-state index contributed by atoms with van der Waals surface area (Å²) in [5.74, 6) is 0.983. The van der Waals surface area contributed by atoms with Gasteiger partial charge in [0.2, 0.25) is 11.7 Å². The van der Waals surface area contributed by atoms with Gasteiger partial charge in [0.1, 0.15) is 17.9 Å². The number of amides is 1. The number of anilines is 3. The second kappa shape index (κ2) is 8.72. The van der Waals surface area contributed by atoms with Crippen LogP contribution in [0.15, 0.2) is 47.0 Å². The predicted octanol–water partition coefficient (Wildman–Crippen LogP) is 4.13. The quantitative estimate of drug-likeness (QED) is 0.402. The summed E-state index contributed by atoms with van der Waals surface area (Å²) in [6.45, 7) is 3.82. The van der Waals surface area contributed by atoms with E-state index in [1.165, 1.54) is 4.68 Å². The van der Waals surface area contributed by atoms with Gasteiger partial charge in [-0.3, -0.25) is 4.79 Å². The van der Waals surface area contributed by atoms with Crippen LogP contribution in [0.5, 0.6) is 0 Å². The lowest BCUT2D eigenvalue weighted by molar-refractivity contribution is -0.116. The fourth-order valence-electron chi connectivity index (χ4n) is 3.22. The van der Waals surface area contributed by atoms with Crippen LogP contribution in [0.25, 0.3) is 22.8 Å². The van der Waals surface area contributed by atoms with Gasteiger partial charge in [0.15, 0.2) is 5.82 Å². The second-order valence-electron chi connectivity index (χ2n) is 7.31. The zero-order valence-electron chi connectivity index (χ0n) is 17.8. The third-order valence-electron chi connectivity index (χ3n) is 4.93. The average molecular weight is 452 g/mol. The Labute approximate surface area is 189 Å². The molecule has 4 aromatic rings. The van der Waals surface area contributed by atoms with Crippen LogP contribution in [-0.4, -0.2) is 32.9 Å². The van der Waals surface area contributed by atoms with Gasteiger partial charge in [0.05, 0.1) is 0 Å². The molecule has 2 aromatic heterocycles. The standard InChI is InChI=1S/C22H22ClN7O2/c1-12-4-5-13(2)16(10-12)26-17(31)11-30-19(24)18(21(25-3)28-30)22-27-20(29-32-22)14-6-8-15(23)9-7-14/h4-10H,11,24H2,1-3H3,(H,25,28)(H,26,31). The van der Waals surface area contributed by atoms with Crippen molar-refractivity contribution >= 4 is 34.8 Å². The summed E-state index contributed by atoms with van der Waals surface area (Å²) in [6, 6.07) is 12.9. The van der Waals surface area contributed by atoms with Crippen molar-refractivity contribution in [3.05, 3.63) is 58.6 Å². The normalized spacial score (nSPS) is 10.9. The molecule has 2 aromatic carbocycles. The SMILES string of the molecule is CNc1nn(CC(=O)Nc2cc(C)ccc2C)c(N)c1-c1nc(-c2ccc(Cl)cc2)no1. The number of hydrogen-bond acceptors (Lipinski definition) is 7. The maximum atomic E-state index is 12.6. The highest BCUT2D eigenvalue weighted by Gasteiger charge is 2.23. The Kier molecular flexibility index (Phi) is 5.83. The monoisotopic (exact) mass is 451 g/mol. The van der Waals surface area contributed by atoms with Crippen molar-refractivity contribution < 1.29 is 9.32 Å². The maximum absolute atomic E-state index is 12.6. The van der Waals surface area contributed by atoms with Crippen LogP contribution in [0, 0.1) is 13.8 Å². The first-order valence-electron chi connectivity index (χ1n) is 9.87. The molecule has 0 saturated carbocycles. The summed E-state index contributed by atoms with van der Waals surface area (Å²) < 4.78 is 6.83. The van der Waals surface area contributed by atoms with Crippen LogP contribution >= 0.6 is 11.6 Å². The molecule has 1 amide bonds. The lowest BCUT2D eigenvalue weighted by atomic mass is 10.1. The summed E-state index contributed by atoms with van der Waals surface area (Å²) in [6.07, 6.45) is 0. The number of hydrogen-bond donors (Lipinski definition) is 3. The highest BCUT2D eigenvalue weighted by molar-refractivity contribution is 6.30. The van der Waals surface area contributed by atoms with E-state index in [-0.39, 0.29) is 24.2 Å². The minimum absolute atomic E-state index is 0.0773. The lowest BCUT2D eigenvalue weighted by Crippen LogP contribution is -2.21. The molecule has 10 heteroatoms. The molecule has 0 radical (unpaired) electrons. The molecular formula is C22H22ClN7O2. The number of carbonyl (C=O) groups excluding carboxylic acids is 1. The van der Waals surface area contributed by atoms with Crippen molar-refractivity contribution in [3.63, 3.8) is 0 Å². The van der Waals surface area contributed by atoms with Crippen molar-refractivity contribution in [1.29, 1.82) is 0 Å². The van der Waals surface area contributed by atoms with Gasteiger partial charge in [-0.25, -0.2) is 4.68 Å². The van der Waals surface area contributed by atoms with E-state index in [1.54, 1.807) is 31.3 Å². The zero-order chi connectivity index (χ0) is 22.8. The molecule has 9 nitrogen and oxygen atoms in total. The van der Waals surface area contributed by atoms with Crippen molar-refractivity contribution in [2.24, 2.45) is 0 Å². The summed E-state index contributed by atoms with van der Waals surface area (Å²) in [7, 11) is 1.70. The van der Waals surface area contributed by atoms with Crippen LogP contribution in [0.2, 0.25) is 5.02 Å². The van der Waals surface area contributed by atoms with Crippen molar-refractivity contribution in [2.45, 2.75) is 20.4 Å². The van der Waals surface area contributed by atoms with Crippen LogP contribution < -0.4 is 16.4 Å². The fourth-order valence-corrected chi connectivity index (χ4v) is 3.34. The number of aryl methyl sites for hydroxylation is 2. The van der Waals surface area contributed by atoms with Gasteiger partial charge in [-0.1, -0.05) is 28.9 Å². The Morgan fingerprint density at radius 2 is 1.94 bits per heavy atom. The summed E-state index contributed by atoms with van der Waals surface area (Å²) in [4.78, 5) is 17.1. The number of carbonyl (C=O) groups is 1. The van der Waals surface area contributed by atoms with Crippen molar-refractivity contribution in [3.8, 4) is 22.8 Å². The Morgan fingerprint density at radius 3 is 2.66 bits per heavy atom. The Hall–Kier alpha value is -3.85. The molecule has 4 N–H and O–H groups in total. The number of nitrogens with one attached hydrogen (secondary N) is 2. The predicted molar refractivity (Wildman–Crippen MR) is 124 cm³/mol. The van der Waals surface area contributed by atoms with E-state index in [0.717, 1.165) is 22.4 Å². The van der Waals surface area contributed by atoms with Crippen LogP contribution in [0.3, 0.4) is 0 Å². The van der Waals surface area contributed by atoms with Crippen LogP contribution in [0.1, 0.15) is 11.1 Å². The second-order valence-corrected chi connectivity index (χ2v) is 7.75. The van der Waals surface area contributed by atoms with Gasteiger partial charge < -0.3 is 20.9 Å². The number of aromatic nitrogens is 4.